The SMILES string of the molecule is O=c1cc2c(nn1CCN1CCCCC1CNc1cc(=O)n3ccccc3n1)CCCC2. The van der Waals surface area contributed by atoms with Crippen LogP contribution >= 0.6 is 0 Å². The maximum Gasteiger partial charge on any atom is 0.267 e. The number of piperidine rings is 1. The second-order valence-corrected chi connectivity index (χ2v) is 8.86. The van der Waals surface area contributed by atoms with Gasteiger partial charge in [-0.25, -0.2) is 9.67 Å². The third-order valence-corrected chi connectivity index (χ3v) is 6.71. The van der Waals surface area contributed by atoms with E-state index in [1.807, 2.05) is 18.2 Å². The van der Waals surface area contributed by atoms with Crippen LogP contribution in [0.25, 0.3) is 5.65 Å². The second kappa shape index (κ2) is 9.24. The van der Waals surface area contributed by atoms with Crippen molar-refractivity contribution in [1.29, 1.82) is 0 Å². The van der Waals surface area contributed by atoms with Crippen LogP contribution in [0.15, 0.2) is 46.1 Å². The van der Waals surface area contributed by atoms with Crippen LogP contribution in [0.4, 0.5) is 5.82 Å². The summed E-state index contributed by atoms with van der Waals surface area (Å²) >= 11 is 0. The number of hydrogen-bond acceptors (Lipinski definition) is 6. The lowest BCUT2D eigenvalue weighted by Gasteiger charge is -2.36. The Bertz CT molecular complexity index is 1220. The Morgan fingerprint density at radius 1 is 1.00 bits per heavy atom. The minimum Gasteiger partial charge on any atom is -0.368 e. The topological polar surface area (TPSA) is 84.5 Å². The minimum atomic E-state index is -0.0866. The molecule has 4 heterocycles. The molecule has 0 bridgehead atoms. The standard InChI is InChI=1S/C24H30N6O2/c31-23-16-21(26-22-10-4-6-12-29(22)23)25-17-19-8-3-5-11-28(19)13-14-30-24(32)15-18-7-1-2-9-20(18)27-30/h4,6,10,12,15-16,19,25H,1-3,5,7-9,11,13-14,17H2. The number of nitrogens with zero attached hydrogens (tertiary/aromatic N) is 5. The highest BCUT2D eigenvalue weighted by molar-refractivity contribution is 5.46. The molecular weight excluding hydrogens is 404 g/mol. The van der Waals surface area contributed by atoms with E-state index in [0.717, 1.165) is 63.0 Å². The van der Waals surface area contributed by atoms with E-state index in [2.05, 4.69) is 20.3 Å². The average Bonchev–Trinajstić information content (AvgIpc) is 2.82. The van der Waals surface area contributed by atoms with Crippen LogP contribution in [0.5, 0.6) is 0 Å². The molecule has 1 saturated heterocycles. The van der Waals surface area contributed by atoms with E-state index in [4.69, 9.17) is 0 Å². The molecule has 0 aromatic carbocycles. The van der Waals surface area contributed by atoms with E-state index in [1.165, 1.54) is 12.8 Å². The lowest BCUT2D eigenvalue weighted by atomic mass is 9.97. The fourth-order valence-corrected chi connectivity index (χ4v) is 4.94. The van der Waals surface area contributed by atoms with E-state index >= 15 is 0 Å². The molecule has 2 aliphatic rings. The fraction of sp³-hybridized carbons (Fsp3) is 0.500. The number of likely N-dealkylation sites (tertiary alicyclic amines) is 1. The van der Waals surface area contributed by atoms with Gasteiger partial charge in [0.05, 0.1) is 12.2 Å². The number of fused-ring (bicyclic) bond motifs is 2. The van der Waals surface area contributed by atoms with Crippen LogP contribution in [-0.4, -0.2) is 49.7 Å². The molecule has 0 radical (unpaired) electrons. The first-order chi connectivity index (χ1) is 15.7. The third kappa shape index (κ3) is 4.46. The van der Waals surface area contributed by atoms with Crippen molar-refractivity contribution in [2.45, 2.75) is 57.5 Å². The average molecular weight is 435 g/mol. The van der Waals surface area contributed by atoms with E-state index in [0.29, 0.717) is 24.1 Å². The van der Waals surface area contributed by atoms with Crippen LogP contribution in [0.3, 0.4) is 0 Å². The number of aromatic nitrogens is 4. The highest BCUT2D eigenvalue weighted by Crippen LogP contribution is 2.19. The number of nitrogens with one attached hydrogen (secondary N) is 1. The molecule has 32 heavy (non-hydrogen) atoms. The van der Waals surface area contributed by atoms with Crippen molar-refractivity contribution in [2.75, 3.05) is 25.0 Å². The van der Waals surface area contributed by atoms with Gasteiger partial charge < -0.3 is 5.32 Å². The Morgan fingerprint density at radius 2 is 1.91 bits per heavy atom. The number of aryl methyl sites for hydroxylation is 2. The van der Waals surface area contributed by atoms with Crippen molar-refractivity contribution in [3.63, 3.8) is 0 Å². The van der Waals surface area contributed by atoms with Gasteiger partial charge >= 0.3 is 0 Å². The molecule has 1 atom stereocenters. The van der Waals surface area contributed by atoms with Crippen molar-refractivity contribution >= 4 is 11.5 Å². The summed E-state index contributed by atoms with van der Waals surface area (Å²) in [6.45, 7) is 3.14. The molecule has 168 valence electrons. The van der Waals surface area contributed by atoms with Crippen LogP contribution < -0.4 is 16.4 Å². The number of rotatable bonds is 6. The maximum absolute atomic E-state index is 12.5. The van der Waals surface area contributed by atoms with Crippen LogP contribution in [0, 0.1) is 0 Å². The molecule has 8 heteroatoms. The van der Waals surface area contributed by atoms with E-state index in [1.54, 1.807) is 27.4 Å². The van der Waals surface area contributed by atoms with E-state index in [9.17, 15) is 9.59 Å². The lowest BCUT2D eigenvalue weighted by Crippen LogP contribution is -2.46. The Hall–Kier alpha value is -3.00. The zero-order chi connectivity index (χ0) is 21.9. The van der Waals surface area contributed by atoms with Gasteiger partial charge in [-0.15, -0.1) is 0 Å². The van der Waals surface area contributed by atoms with Gasteiger partial charge in [0.25, 0.3) is 11.1 Å². The normalized spacial score (nSPS) is 19.1. The lowest BCUT2D eigenvalue weighted by molar-refractivity contribution is 0.147. The zero-order valence-electron chi connectivity index (χ0n) is 18.4. The van der Waals surface area contributed by atoms with Gasteiger partial charge in [0, 0.05) is 37.5 Å². The summed E-state index contributed by atoms with van der Waals surface area (Å²) in [5, 5.41) is 8.05. The van der Waals surface area contributed by atoms with Crippen molar-refractivity contribution in [3.05, 3.63) is 68.5 Å². The Labute approximate surface area is 186 Å². The highest BCUT2D eigenvalue weighted by atomic mass is 16.1. The Balaban J connectivity index is 1.25. The predicted octanol–water partition coefficient (Wildman–Crippen LogP) is 2.10. The molecule has 0 saturated carbocycles. The summed E-state index contributed by atoms with van der Waals surface area (Å²) in [6, 6.07) is 9.23. The van der Waals surface area contributed by atoms with Crippen molar-refractivity contribution in [1.82, 2.24) is 24.1 Å². The summed E-state index contributed by atoms with van der Waals surface area (Å²) in [4.78, 5) is 31.9. The van der Waals surface area contributed by atoms with Gasteiger partial charge in [-0.3, -0.25) is 18.9 Å². The molecule has 1 unspecified atom stereocenters. The van der Waals surface area contributed by atoms with Gasteiger partial charge in [-0.05, 0) is 62.8 Å². The van der Waals surface area contributed by atoms with Crippen LogP contribution in [0.1, 0.15) is 43.4 Å². The summed E-state index contributed by atoms with van der Waals surface area (Å²) in [5.74, 6) is 0.610. The zero-order valence-corrected chi connectivity index (χ0v) is 18.4. The third-order valence-electron chi connectivity index (χ3n) is 6.71. The summed E-state index contributed by atoms with van der Waals surface area (Å²) in [7, 11) is 0. The molecule has 3 aromatic rings. The monoisotopic (exact) mass is 434 g/mol. The molecule has 3 aromatic heterocycles. The van der Waals surface area contributed by atoms with Gasteiger partial charge in [0.15, 0.2) is 0 Å². The van der Waals surface area contributed by atoms with Gasteiger partial charge in [-0.2, -0.15) is 5.10 Å². The van der Waals surface area contributed by atoms with Gasteiger partial charge in [0.2, 0.25) is 0 Å². The molecule has 1 aliphatic carbocycles. The van der Waals surface area contributed by atoms with Gasteiger partial charge in [0.1, 0.15) is 11.5 Å². The van der Waals surface area contributed by atoms with E-state index in [-0.39, 0.29) is 11.1 Å². The molecule has 5 rings (SSSR count). The largest absolute Gasteiger partial charge is 0.368 e. The van der Waals surface area contributed by atoms with E-state index < -0.39 is 0 Å². The molecule has 0 spiro atoms. The summed E-state index contributed by atoms with van der Waals surface area (Å²) < 4.78 is 3.19. The number of anilines is 1. The molecular formula is C24H30N6O2. The summed E-state index contributed by atoms with van der Waals surface area (Å²) in [5.41, 5.74) is 2.80. The predicted molar refractivity (Wildman–Crippen MR) is 124 cm³/mol. The van der Waals surface area contributed by atoms with Crippen LogP contribution in [-0.2, 0) is 19.4 Å². The summed E-state index contributed by atoms with van der Waals surface area (Å²) in [6.07, 6.45) is 9.44. The second-order valence-electron chi connectivity index (χ2n) is 8.86. The first kappa shape index (κ1) is 20.9. The molecule has 1 aliphatic heterocycles. The first-order valence-corrected chi connectivity index (χ1v) is 11.7. The minimum absolute atomic E-state index is 0.0122. The molecule has 8 nitrogen and oxygen atoms in total. The first-order valence-electron chi connectivity index (χ1n) is 11.7. The smallest absolute Gasteiger partial charge is 0.267 e. The quantitative estimate of drug-likeness (QED) is 0.640. The Kier molecular flexibility index (Phi) is 6.03. The number of pyridine rings is 1. The van der Waals surface area contributed by atoms with Crippen LogP contribution in [0.2, 0.25) is 0 Å². The molecule has 0 amide bonds. The van der Waals surface area contributed by atoms with Crippen molar-refractivity contribution < 1.29 is 0 Å². The van der Waals surface area contributed by atoms with Gasteiger partial charge in [-0.1, -0.05) is 12.5 Å². The highest BCUT2D eigenvalue weighted by Gasteiger charge is 2.23. The van der Waals surface area contributed by atoms with Crippen molar-refractivity contribution in [3.8, 4) is 0 Å². The van der Waals surface area contributed by atoms with Crippen molar-refractivity contribution in [2.24, 2.45) is 0 Å². The Morgan fingerprint density at radius 3 is 2.84 bits per heavy atom. The molecule has 1 N–H and O–H groups in total. The fourth-order valence-electron chi connectivity index (χ4n) is 4.94. The number of hydrogen-bond donors (Lipinski definition) is 1. The molecule has 1 fully saturated rings. The maximum atomic E-state index is 12.5.